The second kappa shape index (κ2) is 5.32. The highest BCUT2D eigenvalue weighted by Gasteiger charge is 2.25. The summed E-state index contributed by atoms with van der Waals surface area (Å²) in [5.74, 6) is -0.830. The van der Waals surface area contributed by atoms with E-state index in [1.807, 2.05) is 0 Å². The van der Waals surface area contributed by atoms with Gasteiger partial charge in [0, 0.05) is 6.04 Å². The summed E-state index contributed by atoms with van der Waals surface area (Å²) >= 11 is 0. The molecule has 4 nitrogen and oxygen atoms in total. The van der Waals surface area contributed by atoms with Gasteiger partial charge in [-0.05, 0) is 19.9 Å². The third kappa shape index (κ3) is 3.27. The molecule has 1 rings (SSSR count). The maximum atomic E-state index is 10.5. The quantitative estimate of drug-likeness (QED) is 0.660. The normalized spacial score (nSPS) is 28.8. The van der Waals surface area contributed by atoms with Gasteiger partial charge in [0.15, 0.2) is 0 Å². The Balaban J connectivity index is 2.49. The molecule has 0 aromatic heterocycles. The van der Waals surface area contributed by atoms with Crippen molar-refractivity contribution in [2.24, 2.45) is 0 Å². The smallest absolute Gasteiger partial charge is 0.317 e. The highest BCUT2D eigenvalue weighted by atomic mass is 16.4. The molecule has 0 spiro atoms. The number of rotatable bonds is 3. The van der Waals surface area contributed by atoms with E-state index in [1.54, 1.807) is 11.9 Å². The van der Waals surface area contributed by atoms with E-state index in [0.717, 1.165) is 32.1 Å². The van der Waals surface area contributed by atoms with Gasteiger partial charge in [-0.15, -0.1) is 0 Å². The molecule has 1 aliphatic carbocycles. The van der Waals surface area contributed by atoms with E-state index in [0.29, 0.717) is 0 Å². The summed E-state index contributed by atoms with van der Waals surface area (Å²) in [5, 5.41) is 18.4. The number of likely N-dealkylation sites (N-methyl/N-ethyl adjacent to an activating group) is 1. The highest BCUT2D eigenvalue weighted by molar-refractivity contribution is 5.69. The van der Waals surface area contributed by atoms with E-state index >= 15 is 0 Å². The Hall–Kier alpha value is -0.610. The molecule has 0 aromatic rings. The standard InChI is InChI=1S/C10H19NO3/c1-11(7-10(13)14)8-5-3-2-4-6-9(8)12/h8-9,12H,2-7H2,1H3,(H,13,14). The van der Waals surface area contributed by atoms with Crippen LogP contribution in [0.15, 0.2) is 0 Å². The van der Waals surface area contributed by atoms with Gasteiger partial charge in [-0.2, -0.15) is 0 Å². The number of carboxylic acids is 1. The molecule has 0 saturated heterocycles. The Morgan fingerprint density at radius 2 is 2.00 bits per heavy atom. The second-order valence-electron chi connectivity index (χ2n) is 4.08. The Morgan fingerprint density at radius 1 is 1.36 bits per heavy atom. The lowest BCUT2D eigenvalue weighted by Gasteiger charge is -2.29. The van der Waals surface area contributed by atoms with Crippen LogP contribution in [0, 0.1) is 0 Å². The molecule has 2 atom stereocenters. The van der Waals surface area contributed by atoms with Gasteiger partial charge in [0.1, 0.15) is 0 Å². The summed E-state index contributed by atoms with van der Waals surface area (Å²) in [6, 6.07) is 0.0219. The monoisotopic (exact) mass is 201 g/mol. The number of aliphatic carboxylic acids is 1. The lowest BCUT2D eigenvalue weighted by atomic mass is 10.0. The lowest BCUT2D eigenvalue weighted by molar-refractivity contribution is -0.139. The zero-order valence-electron chi connectivity index (χ0n) is 8.65. The van der Waals surface area contributed by atoms with E-state index in [2.05, 4.69) is 0 Å². The van der Waals surface area contributed by atoms with Gasteiger partial charge in [0.25, 0.3) is 0 Å². The molecule has 0 radical (unpaired) electrons. The van der Waals surface area contributed by atoms with Crippen molar-refractivity contribution in [3.8, 4) is 0 Å². The van der Waals surface area contributed by atoms with Crippen molar-refractivity contribution in [2.45, 2.75) is 44.2 Å². The first-order valence-electron chi connectivity index (χ1n) is 5.21. The molecule has 0 aliphatic heterocycles. The first kappa shape index (κ1) is 11.5. The minimum atomic E-state index is -0.830. The molecule has 0 bridgehead atoms. The van der Waals surface area contributed by atoms with Crippen molar-refractivity contribution in [2.75, 3.05) is 13.6 Å². The summed E-state index contributed by atoms with van der Waals surface area (Å²) < 4.78 is 0. The molecule has 14 heavy (non-hydrogen) atoms. The van der Waals surface area contributed by atoms with Crippen LogP contribution in [0.25, 0.3) is 0 Å². The van der Waals surface area contributed by atoms with Gasteiger partial charge in [-0.3, -0.25) is 9.69 Å². The van der Waals surface area contributed by atoms with Crippen LogP contribution in [0.1, 0.15) is 32.1 Å². The third-order valence-electron chi connectivity index (χ3n) is 2.89. The van der Waals surface area contributed by atoms with Crippen molar-refractivity contribution < 1.29 is 15.0 Å². The van der Waals surface area contributed by atoms with E-state index in [-0.39, 0.29) is 18.7 Å². The predicted molar refractivity (Wildman–Crippen MR) is 53.1 cm³/mol. The van der Waals surface area contributed by atoms with E-state index < -0.39 is 5.97 Å². The zero-order chi connectivity index (χ0) is 10.6. The number of carboxylic acid groups (broad SMARTS) is 1. The van der Waals surface area contributed by atoms with Crippen LogP contribution in [-0.4, -0.2) is 46.8 Å². The Kier molecular flexibility index (Phi) is 4.35. The number of hydrogen-bond acceptors (Lipinski definition) is 3. The SMILES string of the molecule is CN(CC(=O)O)C1CCCCCC1O. The topological polar surface area (TPSA) is 60.8 Å². The number of carbonyl (C=O) groups is 1. The summed E-state index contributed by atoms with van der Waals surface area (Å²) in [6.45, 7) is 0.0156. The van der Waals surface area contributed by atoms with Gasteiger partial charge >= 0.3 is 5.97 Å². The van der Waals surface area contributed by atoms with Crippen molar-refractivity contribution >= 4 is 5.97 Å². The molecule has 1 saturated carbocycles. The number of aliphatic hydroxyl groups is 1. The molecular weight excluding hydrogens is 182 g/mol. The minimum absolute atomic E-state index is 0.0156. The largest absolute Gasteiger partial charge is 0.480 e. The fourth-order valence-corrected chi connectivity index (χ4v) is 2.11. The van der Waals surface area contributed by atoms with Crippen molar-refractivity contribution in [3.05, 3.63) is 0 Å². The Labute approximate surface area is 84.5 Å². The maximum absolute atomic E-state index is 10.5. The lowest BCUT2D eigenvalue weighted by Crippen LogP contribution is -2.43. The van der Waals surface area contributed by atoms with Crippen LogP contribution in [0.2, 0.25) is 0 Å². The molecule has 1 fully saturated rings. The zero-order valence-corrected chi connectivity index (χ0v) is 8.65. The summed E-state index contributed by atoms with van der Waals surface area (Å²) in [4.78, 5) is 12.3. The molecule has 0 amide bonds. The van der Waals surface area contributed by atoms with Crippen molar-refractivity contribution in [1.82, 2.24) is 4.90 Å². The first-order chi connectivity index (χ1) is 6.61. The summed E-state index contributed by atoms with van der Waals surface area (Å²) in [6.07, 6.45) is 4.64. The van der Waals surface area contributed by atoms with Crippen LogP contribution < -0.4 is 0 Å². The fraction of sp³-hybridized carbons (Fsp3) is 0.900. The summed E-state index contributed by atoms with van der Waals surface area (Å²) in [5.41, 5.74) is 0. The maximum Gasteiger partial charge on any atom is 0.317 e. The Morgan fingerprint density at radius 3 is 2.64 bits per heavy atom. The number of aliphatic hydroxyl groups excluding tert-OH is 1. The van der Waals surface area contributed by atoms with Gasteiger partial charge < -0.3 is 10.2 Å². The molecular formula is C10H19NO3. The summed E-state index contributed by atoms with van der Waals surface area (Å²) in [7, 11) is 1.77. The van der Waals surface area contributed by atoms with Crippen LogP contribution in [0.4, 0.5) is 0 Å². The second-order valence-corrected chi connectivity index (χ2v) is 4.08. The average molecular weight is 201 g/mol. The van der Waals surface area contributed by atoms with Gasteiger partial charge in [0.05, 0.1) is 12.6 Å². The Bertz CT molecular complexity index is 196. The van der Waals surface area contributed by atoms with Gasteiger partial charge in [-0.1, -0.05) is 19.3 Å². The average Bonchev–Trinajstić information content (AvgIpc) is 2.28. The molecule has 2 N–H and O–H groups in total. The molecule has 0 heterocycles. The molecule has 1 aliphatic rings. The predicted octanol–water partition coefficient (Wildman–Crippen LogP) is 0.696. The molecule has 0 aromatic carbocycles. The fourth-order valence-electron chi connectivity index (χ4n) is 2.11. The van der Waals surface area contributed by atoms with Gasteiger partial charge in [-0.25, -0.2) is 0 Å². The minimum Gasteiger partial charge on any atom is -0.480 e. The molecule has 4 heteroatoms. The highest BCUT2D eigenvalue weighted by Crippen LogP contribution is 2.21. The first-order valence-corrected chi connectivity index (χ1v) is 5.21. The van der Waals surface area contributed by atoms with Gasteiger partial charge in [0.2, 0.25) is 0 Å². The van der Waals surface area contributed by atoms with Crippen molar-refractivity contribution in [1.29, 1.82) is 0 Å². The number of nitrogens with zero attached hydrogens (tertiary/aromatic N) is 1. The van der Waals surface area contributed by atoms with Crippen LogP contribution >= 0.6 is 0 Å². The van der Waals surface area contributed by atoms with Crippen LogP contribution in [0.3, 0.4) is 0 Å². The van der Waals surface area contributed by atoms with E-state index in [1.165, 1.54) is 0 Å². The van der Waals surface area contributed by atoms with Crippen LogP contribution in [-0.2, 0) is 4.79 Å². The van der Waals surface area contributed by atoms with E-state index in [9.17, 15) is 9.90 Å². The third-order valence-corrected chi connectivity index (χ3v) is 2.89. The van der Waals surface area contributed by atoms with E-state index in [4.69, 9.17) is 5.11 Å². The van der Waals surface area contributed by atoms with Crippen molar-refractivity contribution in [3.63, 3.8) is 0 Å². The molecule has 2 unspecified atom stereocenters. The number of hydrogen-bond donors (Lipinski definition) is 2. The molecule has 82 valence electrons. The van der Waals surface area contributed by atoms with Crippen LogP contribution in [0.5, 0.6) is 0 Å².